The second-order valence-corrected chi connectivity index (χ2v) is 6.47. The van der Waals surface area contributed by atoms with Crippen molar-refractivity contribution >= 4 is 16.0 Å². The topological polar surface area (TPSA) is 113 Å². The third kappa shape index (κ3) is 3.69. The molecule has 0 saturated carbocycles. The molecule has 0 bridgehead atoms. The average Bonchev–Trinajstić information content (AvgIpc) is 2.36. The van der Waals surface area contributed by atoms with Gasteiger partial charge in [0, 0.05) is 0 Å². The molecule has 1 aromatic rings. The number of hydrogen-bond donors (Lipinski definition) is 3. The SMILES string of the molecule is COc1ccc(C(=O)O)cc1S(=O)(=O)NC(C)(C)CO. The van der Waals surface area contributed by atoms with E-state index in [9.17, 15) is 13.2 Å². The van der Waals surface area contributed by atoms with Crippen LogP contribution in [0, 0.1) is 0 Å². The van der Waals surface area contributed by atoms with E-state index < -0.39 is 28.1 Å². The summed E-state index contributed by atoms with van der Waals surface area (Å²) in [6.45, 7) is 2.59. The molecule has 1 rings (SSSR count). The molecule has 0 atom stereocenters. The van der Waals surface area contributed by atoms with Crippen molar-refractivity contribution in [3.05, 3.63) is 23.8 Å². The fourth-order valence-corrected chi connectivity index (χ4v) is 3.07. The molecule has 112 valence electrons. The van der Waals surface area contributed by atoms with Gasteiger partial charge in [-0.2, -0.15) is 0 Å². The maximum absolute atomic E-state index is 12.3. The summed E-state index contributed by atoms with van der Waals surface area (Å²) in [5.74, 6) is -1.22. The standard InChI is InChI=1S/C12H17NO6S/c1-12(2,7-14)13-20(17,18)10-6-8(11(15)16)4-5-9(10)19-3/h4-6,13-14H,7H2,1-3H3,(H,15,16). The third-order valence-electron chi connectivity index (χ3n) is 2.51. The summed E-state index contributed by atoms with van der Waals surface area (Å²) in [7, 11) is -2.74. The van der Waals surface area contributed by atoms with Crippen LogP contribution in [-0.2, 0) is 10.0 Å². The first-order chi connectivity index (χ1) is 9.13. The lowest BCUT2D eigenvalue weighted by atomic mass is 10.1. The number of carbonyl (C=O) groups is 1. The lowest BCUT2D eigenvalue weighted by molar-refractivity contribution is 0.0696. The Kier molecular flexibility index (Phi) is 4.74. The molecule has 7 nitrogen and oxygen atoms in total. The van der Waals surface area contributed by atoms with E-state index in [-0.39, 0.29) is 16.2 Å². The van der Waals surface area contributed by atoms with Crippen molar-refractivity contribution in [2.24, 2.45) is 0 Å². The molecule has 0 aromatic heterocycles. The molecule has 0 radical (unpaired) electrons. The molecule has 8 heteroatoms. The number of carboxylic acids is 1. The highest BCUT2D eigenvalue weighted by Gasteiger charge is 2.28. The maximum atomic E-state index is 12.3. The molecule has 0 amide bonds. The van der Waals surface area contributed by atoms with Crippen LogP contribution in [0.3, 0.4) is 0 Å². The lowest BCUT2D eigenvalue weighted by Crippen LogP contribution is -2.46. The summed E-state index contributed by atoms with van der Waals surface area (Å²) in [4.78, 5) is 10.6. The van der Waals surface area contributed by atoms with Crippen molar-refractivity contribution in [1.82, 2.24) is 4.72 Å². The summed E-state index contributed by atoms with van der Waals surface area (Å²) in [5, 5.41) is 18.0. The van der Waals surface area contributed by atoms with Crippen LogP contribution in [0.2, 0.25) is 0 Å². The van der Waals surface area contributed by atoms with Gasteiger partial charge in [0.1, 0.15) is 10.6 Å². The first-order valence-corrected chi connectivity index (χ1v) is 7.17. The van der Waals surface area contributed by atoms with Gasteiger partial charge >= 0.3 is 5.97 Å². The van der Waals surface area contributed by atoms with Crippen molar-refractivity contribution in [1.29, 1.82) is 0 Å². The predicted octanol–water partition coefficient (Wildman–Crippen LogP) is 0.443. The van der Waals surface area contributed by atoms with Gasteiger partial charge in [0.15, 0.2) is 0 Å². The van der Waals surface area contributed by atoms with Gasteiger partial charge in [-0.25, -0.2) is 17.9 Å². The molecule has 0 fully saturated rings. The van der Waals surface area contributed by atoms with Crippen LogP contribution >= 0.6 is 0 Å². The number of nitrogens with one attached hydrogen (secondary N) is 1. The Bertz CT molecular complexity index is 608. The molecule has 0 unspecified atom stereocenters. The molecular weight excluding hydrogens is 286 g/mol. The Morgan fingerprint density at radius 1 is 1.40 bits per heavy atom. The Morgan fingerprint density at radius 3 is 2.45 bits per heavy atom. The highest BCUT2D eigenvalue weighted by Crippen LogP contribution is 2.26. The first kappa shape index (κ1) is 16.4. The summed E-state index contributed by atoms with van der Waals surface area (Å²) < 4.78 is 31.8. The number of carboxylic acid groups (broad SMARTS) is 1. The van der Waals surface area contributed by atoms with E-state index in [0.29, 0.717) is 0 Å². The number of methoxy groups -OCH3 is 1. The number of benzene rings is 1. The number of rotatable bonds is 6. The van der Waals surface area contributed by atoms with Crippen molar-refractivity contribution in [2.45, 2.75) is 24.3 Å². The highest BCUT2D eigenvalue weighted by atomic mass is 32.2. The highest BCUT2D eigenvalue weighted by molar-refractivity contribution is 7.89. The summed E-state index contributed by atoms with van der Waals surface area (Å²) in [6, 6.07) is 3.53. The number of aromatic carboxylic acids is 1. The molecule has 0 saturated heterocycles. The van der Waals surface area contributed by atoms with Gasteiger partial charge in [-0.05, 0) is 32.0 Å². The second kappa shape index (κ2) is 5.78. The van der Waals surface area contributed by atoms with Gasteiger partial charge in [0.05, 0.1) is 24.8 Å². The quantitative estimate of drug-likeness (QED) is 0.703. The number of hydrogen-bond acceptors (Lipinski definition) is 5. The predicted molar refractivity (Wildman–Crippen MR) is 71.4 cm³/mol. The Morgan fingerprint density at radius 2 is 2.00 bits per heavy atom. The zero-order chi connectivity index (χ0) is 15.6. The van der Waals surface area contributed by atoms with E-state index in [1.807, 2.05) is 0 Å². The summed E-state index contributed by atoms with van der Waals surface area (Å²) >= 11 is 0. The number of aliphatic hydroxyl groups excluding tert-OH is 1. The van der Waals surface area contributed by atoms with Crippen LogP contribution in [0.25, 0.3) is 0 Å². The summed E-state index contributed by atoms with van der Waals surface area (Å²) in [5.41, 5.74) is -1.25. The zero-order valence-corrected chi connectivity index (χ0v) is 12.2. The van der Waals surface area contributed by atoms with E-state index in [4.69, 9.17) is 14.9 Å². The van der Waals surface area contributed by atoms with Crippen LogP contribution in [-0.4, -0.2) is 43.9 Å². The van der Waals surface area contributed by atoms with E-state index in [0.717, 1.165) is 6.07 Å². The molecule has 3 N–H and O–H groups in total. The number of sulfonamides is 1. The third-order valence-corrected chi connectivity index (χ3v) is 4.23. The van der Waals surface area contributed by atoms with E-state index >= 15 is 0 Å². The number of aliphatic hydroxyl groups is 1. The minimum atomic E-state index is -4.03. The monoisotopic (exact) mass is 303 g/mol. The smallest absolute Gasteiger partial charge is 0.335 e. The first-order valence-electron chi connectivity index (χ1n) is 5.69. The minimum Gasteiger partial charge on any atom is -0.495 e. The lowest BCUT2D eigenvalue weighted by Gasteiger charge is -2.23. The van der Waals surface area contributed by atoms with Crippen LogP contribution in [0.1, 0.15) is 24.2 Å². The van der Waals surface area contributed by atoms with Gasteiger partial charge in [-0.3, -0.25) is 0 Å². The van der Waals surface area contributed by atoms with Crippen LogP contribution in [0.5, 0.6) is 5.75 Å². The fraction of sp³-hybridized carbons (Fsp3) is 0.417. The normalized spacial score (nSPS) is 12.2. The van der Waals surface area contributed by atoms with Crippen LogP contribution in [0.15, 0.2) is 23.1 Å². The molecule has 0 aliphatic carbocycles. The number of ether oxygens (including phenoxy) is 1. The molecule has 0 heterocycles. The van der Waals surface area contributed by atoms with E-state index in [1.54, 1.807) is 0 Å². The zero-order valence-electron chi connectivity index (χ0n) is 11.4. The van der Waals surface area contributed by atoms with Crippen LogP contribution < -0.4 is 9.46 Å². The Balaban J connectivity index is 3.36. The summed E-state index contributed by atoms with van der Waals surface area (Å²) in [6.07, 6.45) is 0. The molecule has 0 aliphatic rings. The molecule has 20 heavy (non-hydrogen) atoms. The van der Waals surface area contributed by atoms with Gasteiger partial charge in [-0.1, -0.05) is 0 Å². The van der Waals surface area contributed by atoms with Crippen LogP contribution in [0.4, 0.5) is 0 Å². The molecular formula is C12H17NO6S. The minimum absolute atomic E-state index is 0.0243. The second-order valence-electron chi connectivity index (χ2n) is 4.82. The fourth-order valence-electron chi connectivity index (χ4n) is 1.47. The maximum Gasteiger partial charge on any atom is 0.335 e. The van der Waals surface area contributed by atoms with Gasteiger partial charge in [0.25, 0.3) is 0 Å². The van der Waals surface area contributed by atoms with E-state index in [1.165, 1.54) is 33.1 Å². The molecule has 0 spiro atoms. The molecule has 1 aromatic carbocycles. The average molecular weight is 303 g/mol. The van der Waals surface area contributed by atoms with Gasteiger partial charge < -0.3 is 14.9 Å². The van der Waals surface area contributed by atoms with Gasteiger partial charge in [-0.15, -0.1) is 0 Å². The van der Waals surface area contributed by atoms with Crippen molar-refractivity contribution in [3.8, 4) is 5.75 Å². The molecule has 0 aliphatic heterocycles. The largest absolute Gasteiger partial charge is 0.495 e. The van der Waals surface area contributed by atoms with Crippen molar-refractivity contribution in [3.63, 3.8) is 0 Å². The Hall–Kier alpha value is -1.64. The van der Waals surface area contributed by atoms with Crippen molar-refractivity contribution < 1.29 is 28.2 Å². The van der Waals surface area contributed by atoms with Crippen molar-refractivity contribution in [2.75, 3.05) is 13.7 Å². The van der Waals surface area contributed by atoms with Gasteiger partial charge in [0.2, 0.25) is 10.0 Å². The Labute approximate surface area is 117 Å². The van der Waals surface area contributed by atoms with E-state index in [2.05, 4.69) is 4.72 Å².